The summed E-state index contributed by atoms with van der Waals surface area (Å²) in [5.41, 5.74) is 2.31. The molecule has 0 aromatic carbocycles. The predicted octanol–water partition coefficient (Wildman–Crippen LogP) is 4.26. The van der Waals surface area contributed by atoms with Crippen molar-refractivity contribution in [3.63, 3.8) is 0 Å². The van der Waals surface area contributed by atoms with Gasteiger partial charge < -0.3 is 4.57 Å². The van der Waals surface area contributed by atoms with Gasteiger partial charge in [-0.2, -0.15) is 0 Å². The second-order valence-corrected chi connectivity index (χ2v) is 10.7. The van der Waals surface area contributed by atoms with Crippen molar-refractivity contribution in [2.45, 2.75) is 70.7 Å². The molecule has 0 bridgehead atoms. The van der Waals surface area contributed by atoms with E-state index in [-0.39, 0.29) is 10.9 Å². The first-order valence-electron chi connectivity index (χ1n) is 9.89. The maximum atomic E-state index is 12.9. The molecule has 0 saturated heterocycles. The van der Waals surface area contributed by atoms with Gasteiger partial charge in [0.2, 0.25) is 15.0 Å². The van der Waals surface area contributed by atoms with Gasteiger partial charge in [0.05, 0.1) is 17.6 Å². The second kappa shape index (κ2) is 8.88. The van der Waals surface area contributed by atoms with Crippen LogP contribution in [0.25, 0.3) is 0 Å². The third-order valence-electron chi connectivity index (χ3n) is 5.41. The van der Waals surface area contributed by atoms with E-state index in [9.17, 15) is 8.42 Å². The van der Waals surface area contributed by atoms with E-state index >= 15 is 0 Å². The van der Waals surface area contributed by atoms with Gasteiger partial charge in [0.15, 0.2) is 0 Å². The third kappa shape index (κ3) is 5.00. The van der Waals surface area contributed by atoms with E-state index in [1.165, 1.54) is 10.4 Å². The molecular formula is C20H31N3O2S2. The summed E-state index contributed by atoms with van der Waals surface area (Å²) in [7, 11) is -1.24. The summed E-state index contributed by atoms with van der Waals surface area (Å²) in [6.45, 7) is 6.55. The Morgan fingerprint density at radius 1 is 1.33 bits per heavy atom. The molecule has 27 heavy (non-hydrogen) atoms. The molecule has 2 heterocycles. The minimum Gasteiger partial charge on any atom is -0.318 e. The molecular weight excluding hydrogens is 378 g/mol. The van der Waals surface area contributed by atoms with Crippen LogP contribution in [0, 0.1) is 12.8 Å². The monoisotopic (exact) mass is 409 g/mol. The number of unbranched alkanes of at least 4 members (excludes halogenated alkanes) is 1. The average molecular weight is 410 g/mol. The molecule has 0 spiro atoms. The number of thiophene rings is 1. The molecule has 1 aliphatic rings. The highest BCUT2D eigenvalue weighted by Crippen LogP contribution is 2.30. The fourth-order valence-corrected chi connectivity index (χ4v) is 6.36. The summed E-state index contributed by atoms with van der Waals surface area (Å²) in [6.07, 6.45) is 6.98. The lowest BCUT2D eigenvalue weighted by molar-refractivity contribution is 0.309. The van der Waals surface area contributed by atoms with Gasteiger partial charge >= 0.3 is 0 Å². The zero-order valence-electron chi connectivity index (χ0n) is 16.6. The first kappa shape index (κ1) is 20.6. The van der Waals surface area contributed by atoms with Crippen molar-refractivity contribution in [2.75, 3.05) is 12.8 Å². The summed E-state index contributed by atoms with van der Waals surface area (Å²) >= 11 is 1.77. The minimum absolute atomic E-state index is 0.250. The van der Waals surface area contributed by atoms with Gasteiger partial charge in [-0.25, -0.2) is 13.4 Å². The van der Waals surface area contributed by atoms with Crippen LogP contribution in [-0.2, 0) is 29.5 Å². The number of aromatic nitrogens is 2. The largest absolute Gasteiger partial charge is 0.318 e. The van der Waals surface area contributed by atoms with Gasteiger partial charge in [-0.3, -0.25) is 4.90 Å². The Bertz CT molecular complexity index is 850. The van der Waals surface area contributed by atoms with Gasteiger partial charge in [-0.15, -0.1) is 11.3 Å². The van der Waals surface area contributed by atoms with Gasteiger partial charge in [0, 0.05) is 24.5 Å². The molecule has 150 valence electrons. The molecule has 3 rings (SSSR count). The zero-order chi connectivity index (χ0) is 19.4. The van der Waals surface area contributed by atoms with Crippen LogP contribution in [0.5, 0.6) is 0 Å². The van der Waals surface area contributed by atoms with Crippen LogP contribution in [0.15, 0.2) is 22.8 Å². The Morgan fingerprint density at radius 3 is 2.70 bits per heavy atom. The van der Waals surface area contributed by atoms with Crippen LogP contribution in [0.3, 0.4) is 0 Å². The number of aryl methyl sites for hydroxylation is 1. The number of sulfone groups is 1. The molecule has 2 aromatic heterocycles. The molecule has 0 amide bonds. The Morgan fingerprint density at radius 2 is 2.11 bits per heavy atom. The molecule has 0 N–H and O–H groups in total. The van der Waals surface area contributed by atoms with Crippen LogP contribution in [0.2, 0.25) is 0 Å². The van der Waals surface area contributed by atoms with Crippen LogP contribution in [0.1, 0.15) is 55.2 Å². The third-order valence-corrected chi connectivity index (χ3v) is 8.21. The molecule has 0 aliphatic heterocycles. The van der Waals surface area contributed by atoms with E-state index < -0.39 is 9.84 Å². The fourth-order valence-electron chi connectivity index (χ4n) is 3.51. The zero-order valence-corrected chi connectivity index (χ0v) is 18.3. The van der Waals surface area contributed by atoms with Crippen molar-refractivity contribution in [3.8, 4) is 0 Å². The summed E-state index contributed by atoms with van der Waals surface area (Å²) in [5.74, 6) is 0.569. The van der Waals surface area contributed by atoms with Gasteiger partial charge in [-0.05, 0) is 56.2 Å². The van der Waals surface area contributed by atoms with Crippen LogP contribution in [-0.4, -0.2) is 35.7 Å². The van der Waals surface area contributed by atoms with Crippen LogP contribution < -0.4 is 0 Å². The summed E-state index contributed by atoms with van der Waals surface area (Å²) in [5, 5.41) is 2.40. The summed E-state index contributed by atoms with van der Waals surface area (Å²) in [4.78, 5) is 7.96. The van der Waals surface area contributed by atoms with Crippen molar-refractivity contribution in [3.05, 3.63) is 33.8 Å². The van der Waals surface area contributed by atoms with Crippen molar-refractivity contribution < 1.29 is 8.42 Å². The van der Waals surface area contributed by atoms with E-state index in [0.29, 0.717) is 12.5 Å². The number of rotatable bonds is 10. The van der Waals surface area contributed by atoms with Gasteiger partial charge in [-0.1, -0.05) is 19.8 Å². The highest BCUT2D eigenvalue weighted by Gasteiger charge is 2.30. The summed E-state index contributed by atoms with van der Waals surface area (Å²) in [6, 6.07) is 2.14. The first-order valence-corrected chi connectivity index (χ1v) is 12.4. The fraction of sp³-hybridized carbons (Fsp3) is 0.650. The number of nitrogens with zero attached hydrogens (tertiary/aromatic N) is 3. The highest BCUT2D eigenvalue weighted by molar-refractivity contribution is 7.91. The van der Waals surface area contributed by atoms with Gasteiger partial charge in [0.1, 0.15) is 0 Å². The normalized spacial score (nSPS) is 15.4. The maximum absolute atomic E-state index is 12.9. The Labute approximate surface area is 167 Å². The van der Waals surface area contributed by atoms with Crippen molar-refractivity contribution in [2.24, 2.45) is 5.92 Å². The number of hydrogen-bond acceptors (Lipinski definition) is 5. The van der Waals surface area contributed by atoms with Crippen LogP contribution >= 0.6 is 11.3 Å². The average Bonchev–Trinajstić information content (AvgIpc) is 3.16. The number of imidazole rings is 1. The summed E-state index contributed by atoms with van der Waals surface area (Å²) < 4.78 is 27.8. The van der Waals surface area contributed by atoms with E-state index in [1.54, 1.807) is 17.5 Å². The van der Waals surface area contributed by atoms with E-state index in [0.717, 1.165) is 50.9 Å². The van der Waals surface area contributed by atoms with Crippen LogP contribution in [0.4, 0.5) is 0 Å². The Kier molecular flexibility index (Phi) is 6.76. The van der Waals surface area contributed by atoms with Crippen molar-refractivity contribution in [1.29, 1.82) is 0 Å². The lowest BCUT2D eigenvalue weighted by Crippen LogP contribution is -2.25. The molecule has 1 aliphatic carbocycles. The smallest absolute Gasteiger partial charge is 0.227 e. The van der Waals surface area contributed by atoms with Gasteiger partial charge in [0.25, 0.3) is 0 Å². The molecule has 0 atom stereocenters. The molecule has 0 unspecified atom stereocenters. The molecule has 1 fully saturated rings. The molecule has 5 nitrogen and oxygen atoms in total. The minimum atomic E-state index is -3.32. The lowest BCUT2D eigenvalue weighted by Gasteiger charge is -2.25. The maximum Gasteiger partial charge on any atom is 0.227 e. The first-order chi connectivity index (χ1) is 12.9. The molecule has 7 heteroatoms. The van der Waals surface area contributed by atoms with E-state index in [1.807, 2.05) is 4.57 Å². The standard InChI is InChI=1S/C20H31N3O2S2/c1-4-5-10-23-18(13-22(3)14-19-16(2)9-11-26-19)12-21-20(23)27(24,25)15-17-7-6-8-17/h9,11-12,17H,4-8,10,13-15H2,1-3H3. The second-order valence-electron chi connectivity index (χ2n) is 7.81. The topological polar surface area (TPSA) is 55.2 Å². The molecule has 1 saturated carbocycles. The Hall–Kier alpha value is -1.18. The molecule has 0 radical (unpaired) electrons. The van der Waals surface area contributed by atoms with Crippen molar-refractivity contribution >= 4 is 21.2 Å². The predicted molar refractivity (Wildman–Crippen MR) is 111 cm³/mol. The van der Waals surface area contributed by atoms with E-state index in [4.69, 9.17) is 0 Å². The number of hydrogen-bond donors (Lipinski definition) is 0. The van der Waals surface area contributed by atoms with Crippen molar-refractivity contribution in [1.82, 2.24) is 14.5 Å². The highest BCUT2D eigenvalue weighted by atomic mass is 32.2. The molecule has 2 aromatic rings. The Balaban J connectivity index is 1.77. The van der Waals surface area contributed by atoms with E-state index in [2.05, 4.69) is 42.2 Å². The SMILES string of the molecule is CCCCn1c(CN(C)Cc2sccc2C)cnc1S(=O)(=O)CC1CCC1. The lowest BCUT2D eigenvalue weighted by atomic mass is 9.87. The quantitative estimate of drug-likeness (QED) is 0.588.